The van der Waals surface area contributed by atoms with Crippen LogP contribution in [0.1, 0.15) is 10.4 Å². The Hall–Kier alpha value is -1.69. The number of carbonyl (C=O) groups is 1. The standard InChI is InChI=1S/C10H12F2N2O2/c11-10(12)16-8-4-2-1-3-7(8)9(15)14-6-5-13/h1-4,10H,5-6,13H2,(H,14,15). The van der Waals surface area contributed by atoms with Gasteiger partial charge < -0.3 is 15.8 Å². The van der Waals surface area contributed by atoms with Crippen molar-refractivity contribution in [3.63, 3.8) is 0 Å². The number of ether oxygens (including phenoxy) is 1. The zero-order valence-electron chi connectivity index (χ0n) is 8.45. The molecule has 1 aromatic rings. The van der Waals surface area contributed by atoms with E-state index in [0.29, 0.717) is 0 Å². The van der Waals surface area contributed by atoms with Crippen molar-refractivity contribution in [2.75, 3.05) is 13.1 Å². The molecule has 0 aliphatic heterocycles. The Labute approximate surface area is 91.4 Å². The summed E-state index contributed by atoms with van der Waals surface area (Å²) in [6.45, 7) is -2.39. The van der Waals surface area contributed by atoms with Gasteiger partial charge in [0.15, 0.2) is 0 Å². The van der Waals surface area contributed by atoms with Crippen molar-refractivity contribution in [3.8, 4) is 5.75 Å². The van der Waals surface area contributed by atoms with Crippen molar-refractivity contribution in [2.24, 2.45) is 5.73 Å². The molecule has 1 amide bonds. The zero-order chi connectivity index (χ0) is 12.0. The van der Waals surface area contributed by atoms with Crippen LogP contribution in [-0.4, -0.2) is 25.6 Å². The number of carbonyl (C=O) groups excluding carboxylic acids is 1. The first-order chi connectivity index (χ1) is 7.65. The van der Waals surface area contributed by atoms with Gasteiger partial charge in [-0.25, -0.2) is 0 Å². The van der Waals surface area contributed by atoms with Crippen LogP contribution >= 0.6 is 0 Å². The summed E-state index contributed by atoms with van der Waals surface area (Å²) in [5.41, 5.74) is 5.27. The first kappa shape index (κ1) is 12.4. The molecule has 3 N–H and O–H groups in total. The fourth-order valence-corrected chi connectivity index (χ4v) is 1.13. The van der Waals surface area contributed by atoms with Gasteiger partial charge in [0.25, 0.3) is 5.91 Å². The molecule has 0 atom stereocenters. The Kier molecular flexibility index (Phi) is 4.65. The molecule has 0 saturated heterocycles. The summed E-state index contributed by atoms with van der Waals surface area (Å²) in [6.07, 6.45) is 0. The fourth-order valence-electron chi connectivity index (χ4n) is 1.13. The van der Waals surface area contributed by atoms with Crippen LogP contribution in [-0.2, 0) is 0 Å². The summed E-state index contributed by atoms with van der Waals surface area (Å²) >= 11 is 0. The molecule has 88 valence electrons. The van der Waals surface area contributed by atoms with Crippen LogP contribution in [0, 0.1) is 0 Å². The molecule has 4 nitrogen and oxygen atoms in total. The Balaban J connectivity index is 2.81. The zero-order valence-corrected chi connectivity index (χ0v) is 8.45. The molecule has 0 spiro atoms. The van der Waals surface area contributed by atoms with Gasteiger partial charge in [-0.05, 0) is 12.1 Å². The minimum Gasteiger partial charge on any atom is -0.434 e. The number of hydrogen-bond acceptors (Lipinski definition) is 3. The monoisotopic (exact) mass is 230 g/mol. The first-order valence-electron chi connectivity index (χ1n) is 4.67. The molecular formula is C10H12F2N2O2. The van der Waals surface area contributed by atoms with Gasteiger partial charge in [0, 0.05) is 13.1 Å². The minimum absolute atomic E-state index is 0.0660. The second kappa shape index (κ2) is 6.02. The number of alkyl halides is 2. The minimum atomic E-state index is -2.96. The van der Waals surface area contributed by atoms with E-state index in [0.717, 1.165) is 0 Å². The van der Waals surface area contributed by atoms with Crippen LogP contribution in [0.15, 0.2) is 24.3 Å². The molecule has 1 rings (SSSR count). The number of benzene rings is 1. The molecule has 0 bridgehead atoms. The molecule has 0 saturated carbocycles. The Morgan fingerprint density at radius 2 is 2.12 bits per heavy atom. The van der Waals surface area contributed by atoms with Crippen LogP contribution < -0.4 is 15.8 Å². The summed E-state index contributed by atoms with van der Waals surface area (Å²) in [5, 5.41) is 2.47. The fraction of sp³-hybridized carbons (Fsp3) is 0.300. The average molecular weight is 230 g/mol. The maximum absolute atomic E-state index is 12.0. The molecule has 0 fully saturated rings. The lowest BCUT2D eigenvalue weighted by Gasteiger charge is -2.10. The van der Waals surface area contributed by atoms with Crippen molar-refractivity contribution in [2.45, 2.75) is 6.61 Å². The van der Waals surface area contributed by atoms with Gasteiger partial charge in [0.1, 0.15) is 5.75 Å². The van der Waals surface area contributed by atoms with E-state index in [1.807, 2.05) is 0 Å². The SMILES string of the molecule is NCCNC(=O)c1ccccc1OC(F)F. The molecular weight excluding hydrogens is 218 g/mol. The molecule has 0 aliphatic carbocycles. The molecule has 0 unspecified atom stereocenters. The molecule has 0 aromatic heterocycles. The highest BCUT2D eigenvalue weighted by molar-refractivity contribution is 5.96. The van der Waals surface area contributed by atoms with E-state index in [-0.39, 0.29) is 24.4 Å². The van der Waals surface area contributed by atoms with Gasteiger partial charge in [-0.15, -0.1) is 0 Å². The molecule has 6 heteroatoms. The molecule has 16 heavy (non-hydrogen) atoms. The van der Waals surface area contributed by atoms with Gasteiger partial charge in [-0.1, -0.05) is 12.1 Å². The smallest absolute Gasteiger partial charge is 0.387 e. The molecule has 0 radical (unpaired) electrons. The number of nitrogens with one attached hydrogen (secondary N) is 1. The van der Waals surface area contributed by atoms with Crippen molar-refractivity contribution in [1.29, 1.82) is 0 Å². The number of hydrogen-bond donors (Lipinski definition) is 2. The maximum atomic E-state index is 12.0. The van der Waals surface area contributed by atoms with E-state index in [1.54, 1.807) is 6.07 Å². The number of nitrogens with two attached hydrogens (primary N) is 1. The van der Waals surface area contributed by atoms with Gasteiger partial charge >= 0.3 is 6.61 Å². The van der Waals surface area contributed by atoms with Crippen LogP contribution in [0.2, 0.25) is 0 Å². The van der Waals surface area contributed by atoms with E-state index in [1.165, 1.54) is 18.2 Å². The van der Waals surface area contributed by atoms with E-state index in [4.69, 9.17) is 5.73 Å². The summed E-state index contributed by atoms with van der Waals surface area (Å²) in [7, 11) is 0. The number of amides is 1. The highest BCUT2D eigenvalue weighted by atomic mass is 19.3. The Bertz CT molecular complexity index is 358. The van der Waals surface area contributed by atoms with Gasteiger partial charge in [0.05, 0.1) is 5.56 Å². The van der Waals surface area contributed by atoms with E-state index >= 15 is 0 Å². The predicted octanol–water partition coefficient (Wildman–Crippen LogP) is 0.976. The van der Waals surface area contributed by atoms with Crippen LogP contribution in [0.4, 0.5) is 8.78 Å². The van der Waals surface area contributed by atoms with Crippen molar-refractivity contribution in [3.05, 3.63) is 29.8 Å². The molecule has 0 aliphatic rings. The highest BCUT2D eigenvalue weighted by Crippen LogP contribution is 2.19. The average Bonchev–Trinajstić information content (AvgIpc) is 2.26. The molecule has 1 aromatic carbocycles. The summed E-state index contributed by atoms with van der Waals surface area (Å²) in [5.74, 6) is -0.631. The third-order valence-electron chi connectivity index (χ3n) is 1.78. The second-order valence-electron chi connectivity index (χ2n) is 2.92. The summed E-state index contributed by atoms with van der Waals surface area (Å²) in [6, 6.07) is 5.79. The predicted molar refractivity (Wildman–Crippen MR) is 54.5 cm³/mol. The summed E-state index contributed by atoms with van der Waals surface area (Å²) < 4.78 is 28.3. The lowest BCUT2D eigenvalue weighted by molar-refractivity contribution is -0.0501. The second-order valence-corrected chi connectivity index (χ2v) is 2.92. The van der Waals surface area contributed by atoms with Gasteiger partial charge in [-0.2, -0.15) is 8.78 Å². The van der Waals surface area contributed by atoms with Crippen molar-refractivity contribution >= 4 is 5.91 Å². The Morgan fingerprint density at radius 3 is 2.75 bits per heavy atom. The van der Waals surface area contributed by atoms with Crippen molar-refractivity contribution < 1.29 is 18.3 Å². The topological polar surface area (TPSA) is 64.3 Å². The van der Waals surface area contributed by atoms with Crippen LogP contribution in [0.5, 0.6) is 5.75 Å². The first-order valence-corrected chi connectivity index (χ1v) is 4.67. The lowest BCUT2D eigenvalue weighted by Crippen LogP contribution is -2.29. The van der Waals surface area contributed by atoms with E-state index in [2.05, 4.69) is 10.1 Å². The highest BCUT2D eigenvalue weighted by Gasteiger charge is 2.14. The lowest BCUT2D eigenvalue weighted by atomic mass is 10.2. The number of halogens is 2. The van der Waals surface area contributed by atoms with Crippen molar-refractivity contribution in [1.82, 2.24) is 5.32 Å². The quantitative estimate of drug-likeness (QED) is 0.792. The van der Waals surface area contributed by atoms with Gasteiger partial charge in [-0.3, -0.25) is 4.79 Å². The summed E-state index contributed by atoms with van der Waals surface area (Å²) in [4.78, 5) is 11.5. The third-order valence-corrected chi connectivity index (χ3v) is 1.78. The van der Waals surface area contributed by atoms with E-state index in [9.17, 15) is 13.6 Å². The largest absolute Gasteiger partial charge is 0.434 e. The third kappa shape index (κ3) is 3.47. The van der Waals surface area contributed by atoms with Crippen LogP contribution in [0.3, 0.4) is 0 Å². The van der Waals surface area contributed by atoms with Crippen LogP contribution in [0.25, 0.3) is 0 Å². The van der Waals surface area contributed by atoms with E-state index < -0.39 is 12.5 Å². The molecule has 0 heterocycles. The Morgan fingerprint density at radius 1 is 1.44 bits per heavy atom. The number of rotatable bonds is 5. The number of para-hydroxylation sites is 1. The van der Waals surface area contributed by atoms with Gasteiger partial charge in [0.2, 0.25) is 0 Å². The maximum Gasteiger partial charge on any atom is 0.387 e. The normalized spacial score (nSPS) is 10.2.